The van der Waals surface area contributed by atoms with E-state index in [2.05, 4.69) is 40.4 Å². The first-order chi connectivity index (χ1) is 12.9. The summed E-state index contributed by atoms with van der Waals surface area (Å²) in [5, 5.41) is 7.86. The third-order valence-electron chi connectivity index (χ3n) is 4.01. The van der Waals surface area contributed by atoms with Gasteiger partial charge in [0.05, 0.1) is 12.2 Å². The molecule has 28 heavy (non-hydrogen) atoms. The molecule has 0 amide bonds. The van der Waals surface area contributed by atoms with Crippen LogP contribution >= 0.6 is 24.0 Å². The van der Waals surface area contributed by atoms with Crippen LogP contribution in [-0.4, -0.2) is 47.4 Å². The van der Waals surface area contributed by atoms with Crippen molar-refractivity contribution in [1.82, 2.24) is 20.0 Å². The van der Waals surface area contributed by atoms with E-state index in [0.717, 1.165) is 24.7 Å². The third kappa shape index (κ3) is 7.29. The molecule has 0 radical (unpaired) electrons. The molecule has 0 atom stereocenters. The van der Waals surface area contributed by atoms with E-state index in [-0.39, 0.29) is 29.8 Å². The van der Waals surface area contributed by atoms with E-state index in [4.69, 9.17) is 4.74 Å². The fourth-order valence-corrected chi connectivity index (χ4v) is 2.83. The van der Waals surface area contributed by atoms with Gasteiger partial charge in [-0.2, -0.15) is 5.10 Å². The molecule has 1 N–H and O–H groups in total. The molecule has 0 saturated carbocycles. The van der Waals surface area contributed by atoms with Crippen molar-refractivity contribution >= 4 is 29.9 Å². The number of hydrogen-bond acceptors (Lipinski definition) is 3. The van der Waals surface area contributed by atoms with Crippen LogP contribution in [0.15, 0.2) is 35.5 Å². The largest absolute Gasteiger partial charge is 0.492 e. The highest BCUT2D eigenvalue weighted by Gasteiger charge is 2.15. The summed E-state index contributed by atoms with van der Waals surface area (Å²) in [6, 6.07) is 6.13. The second-order valence-electron chi connectivity index (χ2n) is 6.77. The summed E-state index contributed by atoms with van der Waals surface area (Å²) < 4.78 is 20.6. The van der Waals surface area contributed by atoms with Crippen molar-refractivity contribution < 1.29 is 9.13 Å². The Kier molecular flexibility index (Phi) is 10.3. The molecule has 0 aliphatic heterocycles. The van der Waals surface area contributed by atoms with Gasteiger partial charge in [-0.1, -0.05) is 19.9 Å². The number of aliphatic imine (C=N–C) groups is 1. The second-order valence-corrected chi connectivity index (χ2v) is 6.77. The zero-order chi connectivity index (χ0) is 19.8. The minimum Gasteiger partial charge on any atom is -0.492 e. The van der Waals surface area contributed by atoms with Crippen LogP contribution in [0.1, 0.15) is 37.9 Å². The molecule has 2 rings (SSSR count). The Hall–Kier alpha value is -1.84. The van der Waals surface area contributed by atoms with Crippen LogP contribution in [0, 0.1) is 5.82 Å². The van der Waals surface area contributed by atoms with Crippen LogP contribution in [0.5, 0.6) is 5.75 Å². The van der Waals surface area contributed by atoms with Gasteiger partial charge in [0.25, 0.3) is 0 Å². The van der Waals surface area contributed by atoms with Crippen molar-refractivity contribution in [3.63, 3.8) is 0 Å². The predicted molar refractivity (Wildman–Crippen MR) is 122 cm³/mol. The van der Waals surface area contributed by atoms with Crippen molar-refractivity contribution in [1.29, 1.82) is 0 Å². The van der Waals surface area contributed by atoms with Gasteiger partial charge in [-0.05, 0) is 25.0 Å². The number of aryl methyl sites for hydroxylation is 1. The summed E-state index contributed by atoms with van der Waals surface area (Å²) in [6.07, 6.45) is 2.06. The van der Waals surface area contributed by atoms with E-state index in [9.17, 15) is 4.39 Å². The third-order valence-corrected chi connectivity index (χ3v) is 4.01. The van der Waals surface area contributed by atoms with Crippen LogP contribution in [0.3, 0.4) is 0 Å². The topological polar surface area (TPSA) is 54.7 Å². The molecule has 0 aliphatic rings. The van der Waals surface area contributed by atoms with Gasteiger partial charge in [0, 0.05) is 45.0 Å². The average molecular weight is 503 g/mol. The van der Waals surface area contributed by atoms with E-state index in [0.29, 0.717) is 24.8 Å². The van der Waals surface area contributed by atoms with Crippen LogP contribution in [0.2, 0.25) is 0 Å². The number of hydrogen-bond donors (Lipinski definition) is 1. The summed E-state index contributed by atoms with van der Waals surface area (Å²) in [5.74, 6) is 1.38. The van der Waals surface area contributed by atoms with Gasteiger partial charge in [-0.25, -0.2) is 9.38 Å². The fraction of sp³-hybridized carbons (Fsp3) is 0.500. The molecule has 1 heterocycles. The van der Waals surface area contributed by atoms with Gasteiger partial charge in [0.1, 0.15) is 18.2 Å². The highest BCUT2D eigenvalue weighted by atomic mass is 127. The Morgan fingerprint density at radius 2 is 2.14 bits per heavy atom. The van der Waals surface area contributed by atoms with Crippen molar-refractivity contribution in [2.45, 2.75) is 33.2 Å². The van der Waals surface area contributed by atoms with Crippen LogP contribution in [0.4, 0.5) is 4.39 Å². The Morgan fingerprint density at radius 1 is 1.39 bits per heavy atom. The lowest BCUT2D eigenvalue weighted by Gasteiger charge is -2.22. The Balaban J connectivity index is 0.00000392. The summed E-state index contributed by atoms with van der Waals surface area (Å²) in [7, 11) is 3.95. The maximum atomic E-state index is 13.2. The Bertz CT molecular complexity index is 763. The van der Waals surface area contributed by atoms with Gasteiger partial charge in [0.15, 0.2) is 5.96 Å². The SMILES string of the molecule is CCNC(=NCCOc1cccc(F)c1)N(C)Cc1cn(C)nc1C(C)C.I. The lowest BCUT2D eigenvalue weighted by molar-refractivity contribution is 0.325. The number of aromatic nitrogens is 2. The van der Waals surface area contributed by atoms with E-state index in [1.165, 1.54) is 17.7 Å². The summed E-state index contributed by atoms with van der Waals surface area (Å²) in [4.78, 5) is 6.69. The number of nitrogens with one attached hydrogen (secondary N) is 1. The number of guanidine groups is 1. The molecule has 156 valence electrons. The predicted octanol–water partition coefficient (Wildman–Crippen LogP) is 3.78. The van der Waals surface area contributed by atoms with Gasteiger partial charge in [0.2, 0.25) is 0 Å². The second kappa shape index (κ2) is 11.9. The highest BCUT2D eigenvalue weighted by molar-refractivity contribution is 14.0. The molecule has 8 heteroatoms. The molecule has 0 spiro atoms. The van der Waals surface area contributed by atoms with Crippen molar-refractivity contribution in [2.24, 2.45) is 12.0 Å². The summed E-state index contributed by atoms with van der Waals surface area (Å²) in [5.41, 5.74) is 2.30. The van der Waals surface area contributed by atoms with Crippen molar-refractivity contribution in [2.75, 3.05) is 26.7 Å². The monoisotopic (exact) mass is 503 g/mol. The smallest absolute Gasteiger partial charge is 0.194 e. The number of nitrogens with zero attached hydrogens (tertiary/aromatic N) is 4. The first kappa shape index (κ1) is 24.2. The van der Waals surface area contributed by atoms with Crippen LogP contribution in [-0.2, 0) is 13.6 Å². The number of benzene rings is 1. The van der Waals surface area contributed by atoms with E-state index in [1.54, 1.807) is 12.1 Å². The first-order valence-corrected chi connectivity index (χ1v) is 9.31. The molecule has 0 bridgehead atoms. The molecule has 0 aliphatic carbocycles. The molecular formula is C20H31FIN5O. The minimum absolute atomic E-state index is 0. The van der Waals surface area contributed by atoms with E-state index < -0.39 is 0 Å². The molecule has 0 unspecified atom stereocenters. The fourth-order valence-electron chi connectivity index (χ4n) is 2.83. The maximum Gasteiger partial charge on any atom is 0.194 e. The molecular weight excluding hydrogens is 472 g/mol. The number of rotatable bonds is 8. The summed E-state index contributed by atoms with van der Waals surface area (Å²) >= 11 is 0. The minimum atomic E-state index is -0.304. The molecule has 6 nitrogen and oxygen atoms in total. The first-order valence-electron chi connectivity index (χ1n) is 9.31. The van der Waals surface area contributed by atoms with Crippen molar-refractivity contribution in [3.8, 4) is 5.75 Å². The lowest BCUT2D eigenvalue weighted by atomic mass is 10.1. The Morgan fingerprint density at radius 3 is 2.79 bits per heavy atom. The zero-order valence-electron chi connectivity index (χ0n) is 17.3. The standard InChI is InChI=1S/C20H30FN5O.HI/c1-6-22-20(23-10-11-27-18-9-7-8-17(21)12-18)25(4)13-16-14-26(5)24-19(16)15(2)3;/h7-9,12,14-15H,6,10-11,13H2,1-5H3,(H,22,23);1H. The number of halogens is 2. The van der Waals surface area contributed by atoms with Crippen LogP contribution in [0.25, 0.3) is 0 Å². The Labute approximate surface area is 184 Å². The lowest BCUT2D eigenvalue weighted by Crippen LogP contribution is -2.39. The average Bonchev–Trinajstić information content (AvgIpc) is 2.98. The quantitative estimate of drug-likeness (QED) is 0.258. The molecule has 2 aromatic rings. The zero-order valence-corrected chi connectivity index (χ0v) is 19.6. The van der Waals surface area contributed by atoms with Crippen LogP contribution < -0.4 is 10.1 Å². The number of ether oxygens (including phenoxy) is 1. The highest BCUT2D eigenvalue weighted by Crippen LogP contribution is 2.18. The van der Waals surface area contributed by atoms with E-state index >= 15 is 0 Å². The van der Waals surface area contributed by atoms with E-state index in [1.807, 2.05) is 25.7 Å². The normalized spacial score (nSPS) is 11.3. The molecule has 1 aromatic heterocycles. The molecule has 1 aromatic carbocycles. The molecule has 0 fully saturated rings. The summed E-state index contributed by atoms with van der Waals surface area (Å²) in [6.45, 7) is 8.69. The molecule has 0 saturated heterocycles. The van der Waals surface area contributed by atoms with Gasteiger partial charge < -0.3 is 15.0 Å². The van der Waals surface area contributed by atoms with Gasteiger partial charge in [-0.15, -0.1) is 24.0 Å². The maximum absolute atomic E-state index is 13.2. The van der Waals surface area contributed by atoms with Gasteiger partial charge in [-0.3, -0.25) is 4.68 Å². The van der Waals surface area contributed by atoms with Crippen molar-refractivity contribution in [3.05, 3.63) is 47.5 Å². The van der Waals surface area contributed by atoms with Gasteiger partial charge >= 0.3 is 0 Å².